The quantitative estimate of drug-likeness (QED) is 0.879. The average Bonchev–Trinajstić information content (AvgIpc) is 3.03. The number of hydrogen-bond donors (Lipinski definition) is 1. The molecule has 0 saturated heterocycles. The summed E-state index contributed by atoms with van der Waals surface area (Å²) in [5.41, 5.74) is 2.89. The van der Waals surface area contributed by atoms with E-state index in [0.29, 0.717) is 18.5 Å². The van der Waals surface area contributed by atoms with E-state index in [0.717, 1.165) is 5.82 Å². The molecule has 3 rings (SSSR count). The normalized spacial score (nSPS) is 18.8. The minimum atomic E-state index is 0.279. The summed E-state index contributed by atoms with van der Waals surface area (Å²) in [4.78, 5) is 4.45. The summed E-state index contributed by atoms with van der Waals surface area (Å²) in [6.07, 6.45) is 9.44. The lowest BCUT2D eigenvalue weighted by Crippen LogP contribution is -2.15. The molecule has 0 aromatic carbocycles. The Morgan fingerprint density at radius 3 is 2.95 bits per heavy atom. The third-order valence-corrected chi connectivity index (χ3v) is 4.21. The molecular weight excluding hydrogens is 264 g/mol. The van der Waals surface area contributed by atoms with Gasteiger partial charge >= 0.3 is 0 Å². The van der Waals surface area contributed by atoms with Crippen molar-refractivity contribution in [2.75, 3.05) is 7.05 Å². The van der Waals surface area contributed by atoms with Gasteiger partial charge in [-0.1, -0.05) is 25.4 Å². The first kappa shape index (κ1) is 14.3. The molecule has 0 bridgehead atoms. The Hall–Kier alpha value is -1.62. The molecule has 2 aromatic rings. The van der Waals surface area contributed by atoms with Crippen molar-refractivity contribution in [2.45, 2.75) is 58.0 Å². The predicted molar refractivity (Wildman–Crippen MR) is 81.3 cm³/mol. The molecule has 5 nitrogen and oxygen atoms in total. The molecule has 0 amide bonds. The molecule has 0 radical (unpaired) electrons. The van der Waals surface area contributed by atoms with Gasteiger partial charge < -0.3 is 14.4 Å². The van der Waals surface area contributed by atoms with Crippen LogP contribution in [-0.4, -0.2) is 21.8 Å². The summed E-state index contributed by atoms with van der Waals surface area (Å²) in [6.45, 7) is 4.80. The van der Waals surface area contributed by atoms with Crippen LogP contribution in [0.25, 0.3) is 0 Å². The molecule has 21 heavy (non-hydrogen) atoms. The van der Waals surface area contributed by atoms with Gasteiger partial charge in [0.2, 0.25) is 5.89 Å². The van der Waals surface area contributed by atoms with Gasteiger partial charge in [-0.25, -0.2) is 0 Å². The van der Waals surface area contributed by atoms with Crippen molar-refractivity contribution in [1.82, 2.24) is 20.0 Å². The fraction of sp³-hybridized carbons (Fsp3) is 0.625. The van der Waals surface area contributed by atoms with E-state index >= 15 is 0 Å². The predicted octanol–water partition coefficient (Wildman–Crippen LogP) is 3.03. The molecule has 1 atom stereocenters. The largest absolute Gasteiger partial charge is 0.346 e. The molecule has 1 aliphatic rings. The van der Waals surface area contributed by atoms with Crippen LogP contribution in [0.15, 0.2) is 16.9 Å². The first-order valence-corrected chi connectivity index (χ1v) is 7.85. The topological polar surface area (TPSA) is 55.9 Å². The van der Waals surface area contributed by atoms with Gasteiger partial charge in [-0.3, -0.25) is 0 Å². The molecule has 0 aliphatic heterocycles. The van der Waals surface area contributed by atoms with E-state index in [2.05, 4.69) is 46.3 Å². The van der Waals surface area contributed by atoms with E-state index in [1.54, 1.807) is 0 Å². The number of rotatable bonds is 4. The van der Waals surface area contributed by atoms with Crippen molar-refractivity contribution in [1.29, 1.82) is 0 Å². The van der Waals surface area contributed by atoms with Crippen LogP contribution in [0.5, 0.6) is 0 Å². The van der Waals surface area contributed by atoms with Gasteiger partial charge in [0.05, 0.1) is 6.54 Å². The number of aryl methyl sites for hydroxylation is 1. The molecule has 2 heterocycles. The van der Waals surface area contributed by atoms with Crippen LogP contribution >= 0.6 is 0 Å². The first-order valence-electron chi connectivity index (χ1n) is 7.85. The van der Waals surface area contributed by atoms with Crippen LogP contribution in [0.2, 0.25) is 0 Å². The monoisotopic (exact) mass is 288 g/mol. The lowest BCUT2D eigenvalue weighted by molar-refractivity contribution is 0.360. The summed E-state index contributed by atoms with van der Waals surface area (Å²) in [5.74, 6) is 1.75. The molecule has 1 unspecified atom stereocenters. The highest BCUT2D eigenvalue weighted by Gasteiger charge is 2.19. The number of nitrogens with one attached hydrogen (secondary N) is 1. The van der Waals surface area contributed by atoms with E-state index in [1.807, 2.05) is 7.05 Å². The van der Waals surface area contributed by atoms with Crippen molar-refractivity contribution < 1.29 is 4.52 Å². The molecule has 0 saturated carbocycles. The average molecular weight is 288 g/mol. The lowest BCUT2D eigenvalue weighted by atomic mass is 10.1. The van der Waals surface area contributed by atoms with E-state index < -0.39 is 0 Å². The van der Waals surface area contributed by atoms with Gasteiger partial charge in [0, 0.05) is 24.4 Å². The molecular formula is C16H24N4O. The highest BCUT2D eigenvalue weighted by Crippen LogP contribution is 2.29. The van der Waals surface area contributed by atoms with Crippen LogP contribution < -0.4 is 5.32 Å². The lowest BCUT2D eigenvalue weighted by Gasteiger charge is -2.13. The molecule has 5 heteroatoms. The fourth-order valence-electron chi connectivity index (χ4n) is 3.04. The van der Waals surface area contributed by atoms with Crippen molar-refractivity contribution in [3.63, 3.8) is 0 Å². The van der Waals surface area contributed by atoms with Crippen LogP contribution in [0.1, 0.15) is 67.9 Å². The summed E-state index contributed by atoms with van der Waals surface area (Å²) in [6, 6.07) is 0.472. The zero-order chi connectivity index (χ0) is 14.8. The Labute approximate surface area is 125 Å². The van der Waals surface area contributed by atoms with E-state index in [-0.39, 0.29) is 5.92 Å². The SMILES string of the molecule is CNC1CCCCc2cn(Cc3noc(C(C)C)n3)cc21. The van der Waals surface area contributed by atoms with Crippen LogP contribution in [0.4, 0.5) is 0 Å². The van der Waals surface area contributed by atoms with Gasteiger partial charge in [-0.05, 0) is 37.4 Å². The van der Waals surface area contributed by atoms with Crippen molar-refractivity contribution in [2.24, 2.45) is 0 Å². The number of nitrogens with zero attached hydrogens (tertiary/aromatic N) is 3. The maximum absolute atomic E-state index is 5.28. The molecule has 1 N–H and O–H groups in total. The summed E-state index contributed by atoms with van der Waals surface area (Å²) in [5, 5.41) is 7.51. The summed E-state index contributed by atoms with van der Waals surface area (Å²) in [7, 11) is 2.05. The number of fused-ring (bicyclic) bond motifs is 1. The van der Waals surface area contributed by atoms with Gasteiger partial charge in [-0.15, -0.1) is 0 Å². The standard InChI is InChI=1S/C16H24N4O/c1-11(2)16-18-15(19-21-16)10-20-8-12-6-4-5-7-14(17-3)13(12)9-20/h8-9,11,14,17H,4-7,10H2,1-3H3. The number of aromatic nitrogens is 3. The maximum Gasteiger partial charge on any atom is 0.229 e. The minimum Gasteiger partial charge on any atom is -0.346 e. The molecule has 1 aliphatic carbocycles. The Kier molecular flexibility index (Phi) is 4.10. The molecule has 0 fully saturated rings. The van der Waals surface area contributed by atoms with Crippen molar-refractivity contribution >= 4 is 0 Å². The second-order valence-electron chi connectivity index (χ2n) is 6.20. The summed E-state index contributed by atoms with van der Waals surface area (Å²) >= 11 is 0. The second kappa shape index (κ2) is 6.02. The fourth-order valence-corrected chi connectivity index (χ4v) is 3.04. The first-order chi connectivity index (χ1) is 10.2. The van der Waals surface area contributed by atoms with Gasteiger partial charge in [0.1, 0.15) is 0 Å². The van der Waals surface area contributed by atoms with E-state index in [1.165, 1.54) is 36.8 Å². The highest BCUT2D eigenvalue weighted by atomic mass is 16.5. The minimum absolute atomic E-state index is 0.279. The summed E-state index contributed by atoms with van der Waals surface area (Å²) < 4.78 is 7.47. The third-order valence-electron chi connectivity index (χ3n) is 4.21. The maximum atomic E-state index is 5.28. The van der Waals surface area contributed by atoms with Gasteiger partial charge in [-0.2, -0.15) is 4.98 Å². The Morgan fingerprint density at radius 2 is 2.24 bits per heavy atom. The number of hydrogen-bond acceptors (Lipinski definition) is 4. The van der Waals surface area contributed by atoms with Gasteiger partial charge in [0.25, 0.3) is 0 Å². The van der Waals surface area contributed by atoms with Crippen molar-refractivity contribution in [3.05, 3.63) is 35.2 Å². The van der Waals surface area contributed by atoms with Crippen LogP contribution in [-0.2, 0) is 13.0 Å². The van der Waals surface area contributed by atoms with E-state index in [4.69, 9.17) is 4.52 Å². The van der Waals surface area contributed by atoms with Crippen molar-refractivity contribution in [3.8, 4) is 0 Å². The Balaban J connectivity index is 1.80. The van der Waals surface area contributed by atoms with Crippen LogP contribution in [0.3, 0.4) is 0 Å². The Morgan fingerprint density at radius 1 is 1.38 bits per heavy atom. The zero-order valence-corrected chi connectivity index (χ0v) is 13.1. The van der Waals surface area contributed by atoms with Crippen LogP contribution in [0, 0.1) is 0 Å². The molecule has 114 valence electrons. The molecule has 2 aromatic heterocycles. The smallest absolute Gasteiger partial charge is 0.229 e. The highest BCUT2D eigenvalue weighted by molar-refractivity contribution is 5.29. The second-order valence-corrected chi connectivity index (χ2v) is 6.20. The van der Waals surface area contributed by atoms with E-state index in [9.17, 15) is 0 Å². The Bertz CT molecular complexity index is 599. The zero-order valence-electron chi connectivity index (χ0n) is 13.1. The molecule has 0 spiro atoms. The third kappa shape index (κ3) is 3.02. The van der Waals surface area contributed by atoms with Gasteiger partial charge in [0.15, 0.2) is 5.82 Å².